The van der Waals surface area contributed by atoms with Crippen molar-refractivity contribution in [3.05, 3.63) is 54.1 Å². The fourth-order valence-corrected chi connectivity index (χ4v) is 3.10. The van der Waals surface area contributed by atoms with Crippen LogP contribution in [0.15, 0.2) is 48.5 Å². The van der Waals surface area contributed by atoms with Crippen LogP contribution in [0.1, 0.15) is 23.2 Å². The highest BCUT2D eigenvalue weighted by molar-refractivity contribution is 5.96. The molecule has 2 amide bonds. The Balaban J connectivity index is 1.43. The molecule has 154 valence electrons. The number of ether oxygens (including phenoxy) is 2. The van der Waals surface area contributed by atoms with E-state index < -0.39 is 0 Å². The minimum absolute atomic E-state index is 0.0525. The average Bonchev–Trinajstić information content (AvgIpc) is 3.28. The highest BCUT2D eigenvalue weighted by atomic mass is 16.5. The van der Waals surface area contributed by atoms with Crippen molar-refractivity contribution in [2.24, 2.45) is 0 Å². The van der Waals surface area contributed by atoms with E-state index in [-0.39, 0.29) is 18.4 Å². The molecule has 2 aromatic carbocycles. The lowest BCUT2D eigenvalue weighted by molar-refractivity contribution is -0.114. The zero-order valence-corrected chi connectivity index (χ0v) is 16.6. The fraction of sp³-hybridized carbons (Fsp3) is 0.364. The summed E-state index contributed by atoms with van der Waals surface area (Å²) in [6, 6.07) is 14.4. The van der Waals surface area contributed by atoms with Crippen LogP contribution in [0.5, 0.6) is 5.75 Å². The largest absolute Gasteiger partial charge is 0.491 e. The monoisotopic (exact) mass is 397 g/mol. The molecule has 0 atom stereocenters. The molecule has 1 heterocycles. The highest BCUT2D eigenvalue weighted by Gasteiger charge is 2.19. The number of carbonyl (C=O) groups is 2. The van der Waals surface area contributed by atoms with Crippen molar-refractivity contribution in [1.29, 1.82) is 0 Å². The van der Waals surface area contributed by atoms with E-state index in [1.807, 2.05) is 29.2 Å². The number of carbonyl (C=O) groups excluding carboxylic acids is 2. The molecule has 7 heteroatoms. The molecular formula is C22H27N3O4. The molecular weight excluding hydrogens is 370 g/mol. The molecule has 29 heavy (non-hydrogen) atoms. The topological polar surface area (TPSA) is 79.9 Å². The third-order valence-electron chi connectivity index (χ3n) is 4.67. The van der Waals surface area contributed by atoms with Crippen LogP contribution < -0.4 is 15.4 Å². The maximum Gasteiger partial charge on any atom is 0.253 e. The Bertz CT molecular complexity index is 800. The molecule has 2 aromatic rings. The van der Waals surface area contributed by atoms with Gasteiger partial charge in [0.1, 0.15) is 12.4 Å². The smallest absolute Gasteiger partial charge is 0.253 e. The van der Waals surface area contributed by atoms with Crippen molar-refractivity contribution >= 4 is 23.2 Å². The van der Waals surface area contributed by atoms with Gasteiger partial charge in [0.2, 0.25) is 5.91 Å². The summed E-state index contributed by atoms with van der Waals surface area (Å²) in [6.45, 7) is 2.81. The van der Waals surface area contributed by atoms with E-state index in [0.29, 0.717) is 24.5 Å². The molecule has 1 aliphatic heterocycles. The number of anilines is 2. The average molecular weight is 397 g/mol. The first-order valence-electron chi connectivity index (χ1n) is 9.80. The van der Waals surface area contributed by atoms with Crippen LogP contribution in [0.2, 0.25) is 0 Å². The number of rotatable bonds is 9. The summed E-state index contributed by atoms with van der Waals surface area (Å²) in [5, 5.41) is 5.90. The minimum atomic E-state index is -0.163. The number of hydrogen-bond donors (Lipinski definition) is 2. The first kappa shape index (κ1) is 20.7. The van der Waals surface area contributed by atoms with Gasteiger partial charge in [0.25, 0.3) is 5.91 Å². The number of likely N-dealkylation sites (tertiary alicyclic amines) is 1. The Morgan fingerprint density at radius 1 is 0.931 bits per heavy atom. The standard InChI is InChI=1S/C22H27N3O4/c1-28-14-15-29-20-10-8-18(9-11-20)23-16-21(26)24-19-6-4-17(5-7-19)22(27)25-12-2-3-13-25/h4-11,23H,2-3,12-16H2,1H3,(H,24,26). The van der Waals surface area contributed by atoms with Crippen molar-refractivity contribution in [2.45, 2.75) is 12.8 Å². The maximum atomic E-state index is 12.4. The van der Waals surface area contributed by atoms with Crippen LogP contribution in [0.3, 0.4) is 0 Å². The number of nitrogens with one attached hydrogen (secondary N) is 2. The van der Waals surface area contributed by atoms with E-state index in [1.54, 1.807) is 31.4 Å². The molecule has 0 radical (unpaired) electrons. The highest BCUT2D eigenvalue weighted by Crippen LogP contribution is 2.17. The first-order valence-corrected chi connectivity index (χ1v) is 9.80. The van der Waals surface area contributed by atoms with Gasteiger partial charge in [0, 0.05) is 37.1 Å². The fourth-order valence-electron chi connectivity index (χ4n) is 3.10. The van der Waals surface area contributed by atoms with Gasteiger partial charge in [-0.1, -0.05) is 0 Å². The van der Waals surface area contributed by atoms with Gasteiger partial charge in [-0.3, -0.25) is 9.59 Å². The van der Waals surface area contributed by atoms with E-state index in [4.69, 9.17) is 9.47 Å². The van der Waals surface area contributed by atoms with Crippen LogP contribution in [-0.2, 0) is 9.53 Å². The van der Waals surface area contributed by atoms with E-state index in [9.17, 15) is 9.59 Å². The quantitative estimate of drug-likeness (QED) is 0.636. The predicted octanol–water partition coefficient (Wildman–Crippen LogP) is 3.00. The molecule has 2 N–H and O–H groups in total. The van der Waals surface area contributed by atoms with Crippen molar-refractivity contribution in [2.75, 3.05) is 50.6 Å². The van der Waals surface area contributed by atoms with Crippen molar-refractivity contribution in [1.82, 2.24) is 4.90 Å². The Hall–Kier alpha value is -3.06. The summed E-state index contributed by atoms with van der Waals surface area (Å²) in [5.41, 5.74) is 2.14. The molecule has 0 aromatic heterocycles. The van der Waals surface area contributed by atoms with Gasteiger partial charge in [-0.15, -0.1) is 0 Å². The minimum Gasteiger partial charge on any atom is -0.491 e. The molecule has 0 saturated carbocycles. The van der Waals surface area contributed by atoms with Gasteiger partial charge < -0.3 is 25.0 Å². The summed E-state index contributed by atoms with van der Waals surface area (Å²) < 4.78 is 10.4. The number of hydrogen-bond acceptors (Lipinski definition) is 5. The second-order valence-corrected chi connectivity index (χ2v) is 6.84. The summed E-state index contributed by atoms with van der Waals surface area (Å²) in [7, 11) is 1.63. The Morgan fingerprint density at radius 3 is 2.24 bits per heavy atom. The van der Waals surface area contributed by atoms with E-state index >= 15 is 0 Å². The van der Waals surface area contributed by atoms with Crippen LogP contribution >= 0.6 is 0 Å². The first-order chi connectivity index (χ1) is 14.2. The lowest BCUT2D eigenvalue weighted by Gasteiger charge is -2.15. The van der Waals surface area contributed by atoms with E-state index in [0.717, 1.165) is 37.4 Å². The second kappa shape index (κ2) is 10.5. The number of amides is 2. The zero-order valence-electron chi connectivity index (χ0n) is 16.6. The van der Waals surface area contributed by atoms with Crippen LogP contribution in [0, 0.1) is 0 Å². The molecule has 0 spiro atoms. The molecule has 3 rings (SSSR count). The van der Waals surface area contributed by atoms with Crippen LogP contribution in [0.4, 0.5) is 11.4 Å². The Morgan fingerprint density at radius 2 is 1.59 bits per heavy atom. The zero-order chi connectivity index (χ0) is 20.5. The van der Waals surface area contributed by atoms with Crippen molar-refractivity contribution < 1.29 is 19.1 Å². The molecule has 1 fully saturated rings. The third-order valence-corrected chi connectivity index (χ3v) is 4.67. The van der Waals surface area contributed by atoms with Crippen LogP contribution in [0.25, 0.3) is 0 Å². The number of benzene rings is 2. The Labute approximate surface area is 171 Å². The molecule has 0 aliphatic carbocycles. The van der Waals surface area contributed by atoms with Gasteiger partial charge >= 0.3 is 0 Å². The second-order valence-electron chi connectivity index (χ2n) is 6.84. The van der Waals surface area contributed by atoms with Gasteiger partial charge in [-0.05, 0) is 61.4 Å². The van der Waals surface area contributed by atoms with Crippen molar-refractivity contribution in [3.63, 3.8) is 0 Å². The van der Waals surface area contributed by atoms with Gasteiger partial charge in [0.05, 0.1) is 13.2 Å². The molecule has 7 nitrogen and oxygen atoms in total. The van der Waals surface area contributed by atoms with Gasteiger partial charge in [-0.2, -0.15) is 0 Å². The number of methoxy groups -OCH3 is 1. The molecule has 0 unspecified atom stereocenters. The summed E-state index contributed by atoms with van der Waals surface area (Å²) in [6.07, 6.45) is 2.13. The molecule has 1 saturated heterocycles. The van der Waals surface area contributed by atoms with Crippen molar-refractivity contribution in [3.8, 4) is 5.75 Å². The number of nitrogens with zero attached hydrogens (tertiary/aromatic N) is 1. The summed E-state index contributed by atoms with van der Waals surface area (Å²) in [4.78, 5) is 26.4. The molecule has 0 bridgehead atoms. The Kier molecular flexibility index (Phi) is 7.47. The summed E-state index contributed by atoms with van der Waals surface area (Å²) >= 11 is 0. The lowest BCUT2D eigenvalue weighted by Crippen LogP contribution is -2.27. The SMILES string of the molecule is COCCOc1ccc(NCC(=O)Nc2ccc(C(=O)N3CCCC3)cc2)cc1. The van der Waals surface area contributed by atoms with Gasteiger partial charge in [0.15, 0.2) is 0 Å². The maximum absolute atomic E-state index is 12.4. The lowest BCUT2D eigenvalue weighted by atomic mass is 10.2. The predicted molar refractivity (Wildman–Crippen MR) is 113 cm³/mol. The molecule has 1 aliphatic rings. The third kappa shape index (κ3) is 6.22. The van der Waals surface area contributed by atoms with Crippen LogP contribution in [-0.4, -0.2) is 56.7 Å². The van der Waals surface area contributed by atoms with E-state index in [2.05, 4.69) is 10.6 Å². The van der Waals surface area contributed by atoms with Gasteiger partial charge in [-0.25, -0.2) is 0 Å². The summed E-state index contributed by atoms with van der Waals surface area (Å²) in [5.74, 6) is 0.640. The normalized spacial score (nSPS) is 13.2. The van der Waals surface area contributed by atoms with E-state index in [1.165, 1.54) is 0 Å².